The lowest BCUT2D eigenvalue weighted by Gasteiger charge is -2.12. The molecule has 0 saturated heterocycles. The third-order valence-electron chi connectivity index (χ3n) is 2.39. The SMILES string of the molecule is Cc1nnc(Sc2ccc(C(F)(F)F)c(/C(N)=N/O)c2)s1. The average Bonchev–Trinajstić information content (AvgIpc) is 2.82. The van der Waals surface area contributed by atoms with E-state index >= 15 is 0 Å². The van der Waals surface area contributed by atoms with Gasteiger partial charge in [0, 0.05) is 10.5 Å². The summed E-state index contributed by atoms with van der Waals surface area (Å²) in [7, 11) is 0. The van der Waals surface area contributed by atoms with Crippen LogP contribution >= 0.6 is 23.1 Å². The number of amidine groups is 1. The smallest absolute Gasteiger partial charge is 0.409 e. The van der Waals surface area contributed by atoms with Crippen LogP contribution in [0.2, 0.25) is 0 Å². The molecule has 0 unspecified atom stereocenters. The second-order valence-electron chi connectivity index (χ2n) is 3.88. The van der Waals surface area contributed by atoms with Gasteiger partial charge in [-0.15, -0.1) is 10.2 Å². The van der Waals surface area contributed by atoms with Crippen molar-refractivity contribution in [2.24, 2.45) is 10.9 Å². The summed E-state index contributed by atoms with van der Waals surface area (Å²) >= 11 is 2.48. The van der Waals surface area contributed by atoms with Gasteiger partial charge in [0.15, 0.2) is 10.2 Å². The summed E-state index contributed by atoms with van der Waals surface area (Å²) in [4.78, 5) is 0.487. The van der Waals surface area contributed by atoms with Gasteiger partial charge in [0.25, 0.3) is 0 Å². The first-order chi connectivity index (χ1) is 9.81. The molecular weight excluding hydrogens is 325 g/mol. The molecule has 0 atom stereocenters. The van der Waals surface area contributed by atoms with Crippen LogP contribution in [0.3, 0.4) is 0 Å². The molecule has 0 aliphatic carbocycles. The van der Waals surface area contributed by atoms with Gasteiger partial charge in [-0.3, -0.25) is 0 Å². The highest BCUT2D eigenvalue weighted by Gasteiger charge is 2.34. The number of rotatable bonds is 3. The molecule has 0 spiro atoms. The Kier molecular flexibility index (Phi) is 4.37. The Morgan fingerprint density at radius 3 is 2.62 bits per heavy atom. The highest BCUT2D eigenvalue weighted by Crippen LogP contribution is 2.36. The molecule has 0 saturated carbocycles. The first kappa shape index (κ1) is 15.6. The fraction of sp³-hybridized carbons (Fsp3) is 0.182. The molecule has 0 fully saturated rings. The predicted molar refractivity (Wildman–Crippen MR) is 72.7 cm³/mol. The maximum Gasteiger partial charge on any atom is 0.417 e. The number of benzene rings is 1. The number of aromatic nitrogens is 2. The molecule has 2 aromatic rings. The van der Waals surface area contributed by atoms with E-state index in [2.05, 4.69) is 15.4 Å². The Morgan fingerprint density at radius 2 is 2.10 bits per heavy atom. The van der Waals surface area contributed by atoms with Crippen LogP contribution in [-0.2, 0) is 6.18 Å². The van der Waals surface area contributed by atoms with Crippen molar-refractivity contribution in [2.75, 3.05) is 0 Å². The van der Waals surface area contributed by atoms with Gasteiger partial charge in [0.1, 0.15) is 5.01 Å². The van der Waals surface area contributed by atoms with Gasteiger partial charge >= 0.3 is 6.18 Å². The zero-order chi connectivity index (χ0) is 15.6. The number of hydrogen-bond donors (Lipinski definition) is 2. The van der Waals surface area contributed by atoms with Crippen LogP contribution in [-0.4, -0.2) is 21.2 Å². The van der Waals surface area contributed by atoms with E-state index in [0.29, 0.717) is 9.24 Å². The molecule has 112 valence electrons. The molecule has 10 heteroatoms. The second kappa shape index (κ2) is 5.90. The summed E-state index contributed by atoms with van der Waals surface area (Å²) in [5.41, 5.74) is 3.98. The molecule has 21 heavy (non-hydrogen) atoms. The number of halogens is 3. The van der Waals surface area contributed by atoms with Gasteiger partial charge in [-0.2, -0.15) is 13.2 Å². The summed E-state index contributed by atoms with van der Waals surface area (Å²) in [6.07, 6.45) is -4.59. The number of alkyl halides is 3. The van der Waals surface area contributed by atoms with Crippen molar-refractivity contribution in [2.45, 2.75) is 22.3 Å². The topological polar surface area (TPSA) is 84.4 Å². The number of nitrogens with two attached hydrogens (primary N) is 1. The van der Waals surface area contributed by atoms with Crippen molar-refractivity contribution < 1.29 is 18.4 Å². The van der Waals surface area contributed by atoms with Gasteiger partial charge < -0.3 is 10.9 Å². The van der Waals surface area contributed by atoms with Crippen molar-refractivity contribution in [3.8, 4) is 0 Å². The Balaban J connectivity index is 2.42. The molecule has 2 rings (SSSR count). The van der Waals surface area contributed by atoms with Crippen molar-refractivity contribution in [1.29, 1.82) is 0 Å². The van der Waals surface area contributed by atoms with E-state index in [4.69, 9.17) is 10.9 Å². The number of oxime groups is 1. The van der Waals surface area contributed by atoms with Gasteiger partial charge in [0.05, 0.1) is 5.56 Å². The second-order valence-corrected chi connectivity index (χ2v) is 6.38. The fourth-order valence-electron chi connectivity index (χ4n) is 1.52. The summed E-state index contributed by atoms with van der Waals surface area (Å²) in [5.74, 6) is -0.599. The van der Waals surface area contributed by atoms with Crippen LogP contribution in [0.25, 0.3) is 0 Å². The normalized spacial score (nSPS) is 12.7. The standard InChI is InChI=1S/C11H9F3N4OS2/c1-5-16-17-10(20-5)21-6-2-3-8(11(12,13)14)7(4-6)9(15)18-19/h2-4,19H,1H3,(H2,15,18). The summed E-state index contributed by atoms with van der Waals surface area (Å²) in [5, 5.41) is 19.7. The average molecular weight is 334 g/mol. The predicted octanol–water partition coefficient (Wildman–Crippen LogP) is 3.11. The van der Waals surface area contributed by atoms with Crippen molar-refractivity contribution in [3.63, 3.8) is 0 Å². The molecule has 3 N–H and O–H groups in total. The van der Waals surface area contributed by atoms with Crippen LogP contribution < -0.4 is 5.73 Å². The highest BCUT2D eigenvalue weighted by molar-refractivity contribution is 8.01. The monoisotopic (exact) mass is 334 g/mol. The van der Waals surface area contributed by atoms with E-state index in [1.54, 1.807) is 6.92 Å². The molecule has 1 aromatic heterocycles. The number of nitrogens with zero attached hydrogens (tertiary/aromatic N) is 3. The molecule has 0 bridgehead atoms. The lowest BCUT2D eigenvalue weighted by molar-refractivity contribution is -0.137. The largest absolute Gasteiger partial charge is 0.417 e. The van der Waals surface area contributed by atoms with E-state index < -0.39 is 17.6 Å². The van der Waals surface area contributed by atoms with Crippen LogP contribution in [0.4, 0.5) is 13.2 Å². The Labute approximate surface area is 125 Å². The van der Waals surface area contributed by atoms with Crippen LogP contribution in [0, 0.1) is 6.92 Å². The molecule has 1 heterocycles. The molecule has 1 aromatic carbocycles. The van der Waals surface area contributed by atoms with E-state index in [1.807, 2.05) is 0 Å². The van der Waals surface area contributed by atoms with Crippen LogP contribution in [0.15, 0.2) is 32.6 Å². The van der Waals surface area contributed by atoms with Crippen LogP contribution in [0.5, 0.6) is 0 Å². The zero-order valence-corrected chi connectivity index (χ0v) is 12.2. The maximum absolute atomic E-state index is 12.9. The Morgan fingerprint density at radius 1 is 1.38 bits per heavy atom. The third kappa shape index (κ3) is 3.64. The van der Waals surface area contributed by atoms with E-state index in [-0.39, 0.29) is 5.56 Å². The van der Waals surface area contributed by atoms with Crippen molar-refractivity contribution >= 4 is 28.9 Å². The Hall–Kier alpha value is -1.81. The molecule has 0 aliphatic rings. The first-order valence-corrected chi connectivity index (χ1v) is 7.11. The number of hydrogen-bond acceptors (Lipinski definition) is 6. The van der Waals surface area contributed by atoms with Gasteiger partial charge in [0.2, 0.25) is 0 Å². The van der Waals surface area contributed by atoms with E-state index in [1.165, 1.54) is 23.5 Å². The third-order valence-corrected chi connectivity index (χ3v) is 4.27. The minimum atomic E-state index is -4.59. The number of aryl methyl sites for hydroxylation is 1. The minimum absolute atomic E-state index is 0.378. The fourth-order valence-corrected chi connectivity index (χ4v) is 3.35. The lowest BCUT2D eigenvalue weighted by atomic mass is 10.1. The lowest BCUT2D eigenvalue weighted by Crippen LogP contribution is -2.20. The summed E-state index contributed by atoms with van der Waals surface area (Å²) in [6.45, 7) is 1.77. The molecule has 0 amide bonds. The van der Waals surface area contributed by atoms with Gasteiger partial charge in [-0.1, -0.05) is 28.3 Å². The Bertz CT molecular complexity index is 684. The first-order valence-electron chi connectivity index (χ1n) is 5.48. The van der Waals surface area contributed by atoms with Crippen molar-refractivity contribution in [3.05, 3.63) is 34.3 Å². The van der Waals surface area contributed by atoms with Crippen molar-refractivity contribution in [1.82, 2.24) is 10.2 Å². The molecule has 5 nitrogen and oxygen atoms in total. The van der Waals surface area contributed by atoms with Crippen LogP contribution in [0.1, 0.15) is 16.1 Å². The molecule has 0 radical (unpaired) electrons. The quantitative estimate of drug-likeness (QED) is 0.390. The highest BCUT2D eigenvalue weighted by atomic mass is 32.2. The van der Waals surface area contributed by atoms with Gasteiger partial charge in [-0.25, -0.2) is 0 Å². The summed E-state index contributed by atoms with van der Waals surface area (Å²) in [6, 6.07) is 3.40. The molecule has 0 aliphatic heterocycles. The molecular formula is C11H9F3N4OS2. The zero-order valence-electron chi connectivity index (χ0n) is 10.5. The van der Waals surface area contributed by atoms with E-state index in [9.17, 15) is 13.2 Å². The van der Waals surface area contributed by atoms with E-state index in [0.717, 1.165) is 22.8 Å². The minimum Gasteiger partial charge on any atom is -0.409 e. The summed E-state index contributed by atoms with van der Waals surface area (Å²) < 4.78 is 39.3. The maximum atomic E-state index is 12.9. The van der Waals surface area contributed by atoms with Gasteiger partial charge in [-0.05, 0) is 25.1 Å².